The number of fused-ring (bicyclic) bond motifs is 1. The number of hydrogen-bond acceptors (Lipinski definition) is 2. The molecule has 1 N–H and O–H groups in total. The van der Waals surface area contributed by atoms with Crippen LogP contribution in [0.5, 0.6) is 0 Å². The quantitative estimate of drug-likeness (QED) is 0.908. The highest BCUT2D eigenvalue weighted by molar-refractivity contribution is 5.75. The molecule has 2 fully saturated rings. The predicted octanol–water partition coefficient (Wildman–Crippen LogP) is 2.47. The van der Waals surface area contributed by atoms with Crippen molar-refractivity contribution in [3.63, 3.8) is 0 Å². The van der Waals surface area contributed by atoms with Gasteiger partial charge in [-0.15, -0.1) is 0 Å². The summed E-state index contributed by atoms with van der Waals surface area (Å²) in [6.45, 7) is 4.78. The van der Waals surface area contributed by atoms with Crippen LogP contribution in [0.4, 0.5) is 13.6 Å². The number of carbonyl (C=O) groups is 1. The normalized spacial score (nSPS) is 27.3. The van der Waals surface area contributed by atoms with Gasteiger partial charge < -0.3 is 10.2 Å². The second kappa shape index (κ2) is 5.44. The van der Waals surface area contributed by atoms with Crippen LogP contribution >= 0.6 is 0 Å². The second-order valence-corrected chi connectivity index (χ2v) is 7.11. The highest BCUT2D eigenvalue weighted by atomic mass is 19.2. The summed E-state index contributed by atoms with van der Waals surface area (Å²) in [4.78, 5) is 16.6. The average molecular weight is 321 g/mol. The van der Waals surface area contributed by atoms with E-state index in [0.29, 0.717) is 36.2 Å². The number of halogens is 2. The smallest absolute Gasteiger partial charge is 0.318 e. The molecule has 2 atom stereocenters. The lowest BCUT2D eigenvalue weighted by molar-refractivity contribution is 0.192. The number of urea groups is 1. The summed E-state index contributed by atoms with van der Waals surface area (Å²) in [6, 6.07) is 3.12. The van der Waals surface area contributed by atoms with Crippen LogP contribution in [-0.2, 0) is 13.1 Å². The van der Waals surface area contributed by atoms with Gasteiger partial charge in [0.05, 0.1) is 0 Å². The number of carbonyl (C=O) groups excluding carboxylic acids is 1. The Morgan fingerprint density at radius 2 is 1.74 bits per heavy atom. The Hall–Kier alpha value is -1.69. The molecule has 1 aliphatic carbocycles. The fourth-order valence-electron chi connectivity index (χ4n) is 3.71. The van der Waals surface area contributed by atoms with E-state index in [1.165, 1.54) is 25.0 Å². The maximum absolute atomic E-state index is 13.3. The summed E-state index contributed by atoms with van der Waals surface area (Å²) in [5.41, 5.74) is 1.39. The van der Waals surface area contributed by atoms with Crippen LogP contribution in [-0.4, -0.2) is 41.0 Å². The molecule has 0 bridgehead atoms. The van der Waals surface area contributed by atoms with Crippen molar-refractivity contribution in [1.82, 2.24) is 15.1 Å². The maximum atomic E-state index is 13.3. The molecule has 0 spiro atoms. The SMILES string of the molecule is CC1CN(C2CC2)CC1NC(=O)N1Cc2cc(F)c(F)cc2C1. The molecule has 2 aliphatic heterocycles. The van der Waals surface area contributed by atoms with E-state index in [1.54, 1.807) is 4.90 Å². The molecular formula is C17H21F2N3O. The third kappa shape index (κ3) is 2.80. The minimum atomic E-state index is -0.851. The third-order valence-corrected chi connectivity index (χ3v) is 5.26. The standard InChI is InChI=1S/C17H21F2N3O/c1-10-6-21(13-2-3-13)9-16(10)20-17(23)22-7-11-4-14(18)15(19)5-12(11)8-22/h4-5,10,13,16H,2-3,6-9H2,1H3,(H,20,23). The maximum Gasteiger partial charge on any atom is 0.318 e. The minimum Gasteiger partial charge on any atom is -0.334 e. The van der Waals surface area contributed by atoms with Crippen molar-refractivity contribution >= 4 is 6.03 Å². The topological polar surface area (TPSA) is 35.6 Å². The van der Waals surface area contributed by atoms with Gasteiger partial charge in [0.2, 0.25) is 0 Å². The van der Waals surface area contributed by atoms with Crippen molar-refractivity contribution < 1.29 is 13.6 Å². The molecule has 2 unspecified atom stereocenters. The first kappa shape index (κ1) is 14.9. The monoisotopic (exact) mass is 321 g/mol. The zero-order valence-corrected chi connectivity index (χ0v) is 13.2. The molecule has 4 nitrogen and oxygen atoms in total. The molecule has 1 saturated carbocycles. The summed E-state index contributed by atoms with van der Waals surface area (Å²) < 4.78 is 26.6. The summed E-state index contributed by atoms with van der Waals surface area (Å²) in [5.74, 6) is -1.27. The van der Waals surface area contributed by atoms with Crippen molar-refractivity contribution in [3.05, 3.63) is 34.9 Å². The van der Waals surface area contributed by atoms with E-state index in [4.69, 9.17) is 0 Å². The minimum absolute atomic E-state index is 0.142. The molecule has 23 heavy (non-hydrogen) atoms. The number of benzene rings is 1. The Morgan fingerprint density at radius 1 is 1.13 bits per heavy atom. The highest BCUT2D eigenvalue weighted by Crippen LogP contribution is 2.32. The number of nitrogens with zero attached hydrogens (tertiary/aromatic N) is 2. The number of amides is 2. The summed E-state index contributed by atoms with van der Waals surface area (Å²) in [6.07, 6.45) is 2.54. The summed E-state index contributed by atoms with van der Waals surface area (Å²) in [5, 5.41) is 3.11. The van der Waals surface area contributed by atoms with Gasteiger partial charge in [-0.3, -0.25) is 4.90 Å². The van der Waals surface area contributed by atoms with E-state index < -0.39 is 11.6 Å². The molecule has 0 aromatic heterocycles. The number of rotatable bonds is 2. The first-order valence-electron chi connectivity index (χ1n) is 8.27. The lowest BCUT2D eigenvalue weighted by Crippen LogP contribution is -2.45. The molecule has 1 aromatic carbocycles. The summed E-state index contributed by atoms with van der Waals surface area (Å²) in [7, 11) is 0. The van der Waals surface area contributed by atoms with Crippen LogP contribution in [0, 0.1) is 17.6 Å². The van der Waals surface area contributed by atoms with Gasteiger partial charge in [-0.25, -0.2) is 13.6 Å². The average Bonchev–Trinajstić information content (AvgIpc) is 3.18. The zero-order chi connectivity index (χ0) is 16.1. The van der Waals surface area contributed by atoms with Gasteiger partial charge in [0.25, 0.3) is 0 Å². The van der Waals surface area contributed by atoms with Crippen molar-refractivity contribution in [2.45, 2.75) is 44.9 Å². The molecule has 4 rings (SSSR count). The molecular weight excluding hydrogens is 300 g/mol. The van der Waals surface area contributed by atoms with Gasteiger partial charge in [-0.1, -0.05) is 6.92 Å². The van der Waals surface area contributed by atoms with Crippen LogP contribution < -0.4 is 5.32 Å². The molecule has 1 saturated heterocycles. The highest BCUT2D eigenvalue weighted by Gasteiger charge is 2.39. The Labute approximate surface area is 134 Å². The lowest BCUT2D eigenvalue weighted by Gasteiger charge is -2.22. The first-order valence-corrected chi connectivity index (χ1v) is 8.27. The van der Waals surface area contributed by atoms with Crippen LogP contribution in [0.15, 0.2) is 12.1 Å². The number of likely N-dealkylation sites (tertiary alicyclic amines) is 1. The molecule has 1 aromatic rings. The van der Waals surface area contributed by atoms with E-state index in [-0.39, 0.29) is 12.1 Å². The Kier molecular flexibility index (Phi) is 3.52. The Bertz CT molecular complexity index is 616. The lowest BCUT2D eigenvalue weighted by atomic mass is 10.1. The Balaban J connectivity index is 1.39. The molecule has 124 valence electrons. The van der Waals surface area contributed by atoms with Crippen molar-refractivity contribution in [2.75, 3.05) is 13.1 Å². The van der Waals surface area contributed by atoms with E-state index in [0.717, 1.165) is 13.1 Å². The van der Waals surface area contributed by atoms with Crippen LogP contribution in [0.25, 0.3) is 0 Å². The number of nitrogens with one attached hydrogen (secondary N) is 1. The molecule has 3 aliphatic rings. The molecule has 0 radical (unpaired) electrons. The molecule has 6 heteroatoms. The zero-order valence-electron chi connectivity index (χ0n) is 13.2. The summed E-state index contributed by atoms with van der Waals surface area (Å²) >= 11 is 0. The van der Waals surface area contributed by atoms with Crippen LogP contribution in [0.2, 0.25) is 0 Å². The van der Waals surface area contributed by atoms with E-state index in [2.05, 4.69) is 17.1 Å². The molecule has 2 heterocycles. The van der Waals surface area contributed by atoms with Gasteiger partial charge in [0.15, 0.2) is 11.6 Å². The number of hydrogen-bond donors (Lipinski definition) is 1. The predicted molar refractivity (Wildman–Crippen MR) is 81.7 cm³/mol. The Morgan fingerprint density at radius 3 is 2.30 bits per heavy atom. The van der Waals surface area contributed by atoms with E-state index >= 15 is 0 Å². The second-order valence-electron chi connectivity index (χ2n) is 7.11. The van der Waals surface area contributed by atoms with E-state index in [9.17, 15) is 13.6 Å². The van der Waals surface area contributed by atoms with Crippen molar-refractivity contribution in [1.29, 1.82) is 0 Å². The van der Waals surface area contributed by atoms with Crippen molar-refractivity contribution in [2.24, 2.45) is 5.92 Å². The van der Waals surface area contributed by atoms with Crippen molar-refractivity contribution in [3.8, 4) is 0 Å². The van der Waals surface area contributed by atoms with Gasteiger partial charge in [0.1, 0.15) is 0 Å². The van der Waals surface area contributed by atoms with Gasteiger partial charge >= 0.3 is 6.03 Å². The van der Waals surface area contributed by atoms with Gasteiger partial charge in [-0.2, -0.15) is 0 Å². The fraction of sp³-hybridized carbons (Fsp3) is 0.588. The van der Waals surface area contributed by atoms with Gasteiger partial charge in [0, 0.05) is 38.3 Å². The largest absolute Gasteiger partial charge is 0.334 e. The van der Waals surface area contributed by atoms with Gasteiger partial charge in [-0.05, 0) is 42.0 Å². The third-order valence-electron chi connectivity index (χ3n) is 5.26. The van der Waals surface area contributed by atoms with Crippen LogP contribution in [0.3, 0.4) is 0 Å². The van der Waals surface area contributed by atoms with E-state index in [1.807, 2.05) is 0 Å². The molecule has 2 amide bonds. The van der Waals surface area contributed by atoms with Crippen LogP contribution in [0.1, 0.15) is 30.9 Å². The first-order chi connectivity index (χ1) is 11.0. The fourth-order valence-corrected chi connectivity index (χ4v) is 3.71.